The van der Waals surface area contributed by atoms with Crippen molar-refractivity contribution in [3.63, 3.8) is 0 Å². The zero-order valence-electron chi connectivity index (χ0n) is 11.2. The number of nitro benzene ring substituents is 1. The summed E-state index contributed by atoms with van der Waals surface area (Å²) >= 11 is 0. The summed E-state index contributed by atoms with van der Waals surface area (Å²) in [6, 6.07) is 1.41. The molecule has 0 aliphatic heterocycles. The normalized spacial score (nSPS) is 12.0. The quantitative estimate of drug-likeness (QED) is 0.487. The summed E-state index contributed by atoms with van der Waals surface area (Å²) < 4.78 is 18.3. The molecule has 0 amide bonds. The molecule has 3 N–H and O–H groups in total. The molecule has 1 rings (SSSR count). The van der Waals surface area contributed by atoms with E-state index in [1.165, 1.54) is 7.11 Å². The van der Waals surface area contributed by atoms with Crippen molar-refractivity contribution < 1.29 is 29.1 Å². The van der Waals surface area contributed by atoms with Gasteiger partial charge in [0.1, 0.15) is 17.1 Å². The third-order valence-corrected chi connectivity index (χ3v) is 2.66. The first kappa shape index (κ1) is 16.8. The number of benzene rings is 1. The number of anilines is 1. The number of halogens is 1. The number of carboxylic acids is 1. The van der Waals surface area contributed by atoms with Crippen molar-refractivity contribution in [1.29, 1.82) is 0 Å². The molecule has 0 aliphatic carbocycles. The molecule has 8 nitrogen and oxygen atoms in total. The van der Waals surface area contributed by atoms with Crippen molar-refractivity contribution in [2.45, 2.75) is 12.5 Å². The number of ether oxygens (including phenoxy) is 1. The van der Waals surface area contributed by atoms with Gasteiger partial charge < -0.3 is 20.3 Å². The van der Waals surface area contributed by atoms with Gasteiger partial charge in [-0.05, 0) is 6.42 Å². The number of nitrogens with one attached hydrogen (secondary N) is 1. The number of methoxy groups -OCH3 is 1. The lowest BCUT2D eigenvalue weighted by Gasteiger charge is -2.11. The van der Waals surface area contributed by atoms with Crippen molar-refractivity contribution in [1.82, 2.24) is 0 Å². The van der Waals surface area contributed by atoms with Gasteiger partial charge in [-0.15, -0.1) is 0 Å². The van der Waals surface area contributed by atoms with Gasteiger partial charge in [-0.2, -0.15) is 0 Å². The van der Waals surface area contributed by atoms with Crippen LogP contribution in [0.3, 0.4) is 0 Å². The molecule has 0 aromatic heterocycles. The molecule has 1 aromatic carbocycles. The zero-order chi connectivity index (χ0) is 16.0. The Morgan fingerprint density at radius 1 is 1.57 bits per heavy atom. The Morgan fingerprint density at radius 2 is 2.24 bits per heavy atom. The molecule has 0 heterocycles. The highest BCUT2D eigenvalue weighted by Crippen LogP contribution is 2.28. The molecule has 0 radical (unpaired) electrons. The summed E-state index contributed by atoms with van der Waals surface area (Å²) in [5, 5.41) is 31.7. The van der Waals surface area contributed by atoms with Crippen LogP contribution in [0.15, 0.2) is 12.1 Å². The van der Waals surface area contributed by atoms with Gasteiger partial charge in [0.15, 0.2) is 0 Å². The number of carboxylic acid groups (broad SMARTS) is 1. The average Bonchev–Trinajstić information content (AvgIpc) is 2.38. The minimum absolute atomic E-state index is 0.107. The number of hydrogen-bond donors (Lipinski definition) is 3. The summed E-state index contributed by atoms with van der Waals surface area (Å²) in [7, 11) is 1.42. The summed E-state index contributed by atoms with van der Waals surface area (Å²) in [6.07, 6.45) is -0.530. The van der Waals surface area contributed by atoms with E-state index >= 15 is 0 Å². The summed E-state index contributed by atoms with van der Waals surface area (Å²) in [4.78, 5) is 20.8. The van der Waals surface area contributed by atoms with Crippen LogP contribution in [0.2, 0.25) is 0 Å². The fourth-order valence-electron chi connectivity index (χ4n) is 1.67. The average molecular weight is 302 g/mol. The van der Waals surface area contributed by atoms with E-state index in [2.05, 4.69) is 5.32 Å². The first-order valence-corrected chi connectivity index (χ1v) is 5.99. The zero-order valence-corrected chi connectivity index (χ0v) is 11.2. The highest BCUT2D eigenvalue weighted by molar-refractivity contribution is 5.90. The Bertz CT molecular complexity index is 537. The Labute approximate surface area is 119 Å². The smallest absolute Gasteiger partial charge is 0.338 e. The van der Waals surface area contributed by atoms with Gasteiger partial charge in [-0.3, -0.25) is 10.1 Å². The second-order valence-corrected chi connectivity index (χ2v) is 4.24. The molecule has 21 heavy (non-hydrogen) atoms. The van der Waals surface area contributed by atoms with Crippen molar-refractivity contribution in [3.05, 3.63) is 33.6 Å². The maximum absolute atomic E-state index is 13.5. The van der Waals surface area contributed by atoms with Gasteiger partial charge >= 0.3 is 5.97 Å². The highest BCUT2D eigenvalue weighted by atomic mass is 19.1. The molecule has 9 heteroatoms. The Morgan fingerprint density at radius 3 is 2.76 bits per heavy atom. The molecule has 0 aliphatic rings. The van der Waals surface area contributed by atoms with E-state index in [4.69, 9.17) is 9.84 Å². The van der Waals surface area contributed by atoms with Crippen molar-refractivity contribution in [3.8, 4) is 0 Å². The molecule has 1 unspecified atom stereocenters. The lowest BCUT2D eigenvalue weighted by molar-refractivity contribution is -0.384. The minimum Gasteiger partial charge on any atom is -0.478 e. The van der Waals surface area contributed by atoms with Crippen LogP contribution < -0.4 is 5.32 Å². The largest absolute Gasteiger partial charge is 0.478 e. The molecule has 0 saturated heterocycles. The predicted molar refractivity (Wildman–Crippen MR) is 71.0 cm³/mol. The lowest BCUT2D eigenvalue weighted by Crippen LogP contribution is -2.18. The van der Waals surface area contributed by atoms with Gasteiger partial charge in [-0.25, -0.2) is 9.18 Å². The van der Waals surface area contributed by atoms with Gasteiger partial charge in [0.05, 0.1) is 17.6 Å². The van der Waals surface area contributed by atoms with E-state index in [0.29, 0.717) is 6.07 Å². The number of aromatic carboxylic acids is 1. The van der Waals surface area contributed by atoms with Crippen LogP contribution in [0.25, 0.3) is 0 Å². The molecule has 0 bridgehead atoms. The lowest BCUT2D eigenvalue weighted by atomic mass is 10.1. The number of carbonyl (C=O) groups is 1. The maximum Gasteiger partial charge on any atom is 0.338 e. The first-order chi connectivity index (χ1) is 9.86. The Kier molecular flexibility index (Phi) is 6.00. The number of aliphatic hydroxyl groups excluding tert-OH is 1. The SMILES string of the molecule is COCC(O)CCNc1cc(F)c(C(=O)O)cc1[N+](=O)[O-]. The molecule has 0 fully saturated rings. The molecular weight excluding hydrogens is 287 g/mol. The highest BCUT2D eigenvalue weighted by Gasteiger charge is 2.21. The summed E-state index contributed by atoms with van der Waals surface area (Å²) in [5.41, 5.74) is -1.46. The number of nitro groups is 1. The second-order valence-electron chi connectivity index (χ2n) is 4.24. The molecular formula is C12H15FN2O6. The van der Waals surface area contributed by atoms with Crippen LogP contribution in [-0.2, 0) is 4.74 Å². The Hall–Kier alpha value is -2.26. The summed E-state index contributed by atoms with van der Waals surface area (Å²) in [5.74, 6) is -2.66. The fourth-order valence-corrected chi connectivity index (χ4v) is 1.67. The van der Waals surface area contributed by atoms with Crippen LogP contribution in [-0.4, -0.2) is 47.5 Å². The van der Waals surface area contributed by atoms with Crippen LogP contribution in [0.4, 0.5) is 15.8 Å². The number of aliphatic hydroxyl groups is 1. The molecule has 0 saturated carbocycles. The van der Waals surface area contributed by atoms with E-state index in [-0.39, 0.29) is 25.3 Å². The fraction of sp³-hybridized carbons (Fsp3) is 0.417. The Balaban J connectivity index is 2.88. The molecule has 1 aromatic rings. The van der Waals surface area contributed by atoms with Crippen molar-refractivity contribution in [2.24, 2.45) is 0 Å². The van der Waals surface area contributed by atoms with E-state index in [1.54, 1.807) is 0 Å². The van der Waals surface area contributed by atoms with Crippen molar-refractivity contribution >= 4 is 17.3 Å². The topological polar surface area (TPSA) is 122 Å². The van der Waals surface area contributed by atoms with Crippen LogP contribution in [0, 0.1) is 15.9 Å². The van der Waals surface area contributed by atoms with E-state index in [0.717, 1.165) is 6.07 Å². The molecule has 1 atom stereocenters. The van der Waals surface area contributed by atoms with Crippen molar-refractivity contribution in [2.75, 3.05) is 25.6 Å². The van der Waals surface area contributed by atoms with Crippen LogP contribution >= 0.6 is 0 Å². The van der Waals surface area contributed by atoms with Gasteiger partial charge in [0, 0.05) is 25.8 Å². The minimum atomic E-state index is -1.59. The van der Waals surface area contributed by atoms with Crippen LogP contribution in [0.1, 0.15) is 16.8 Å². The third-order valence-electron chi connectivity index (χ3n) is 2.66. The molecule has 0 spiro atoms. The first-order valence-electron chi connectivity index (χ1n) is 5.99. The van der Waals surface area contributed by atoms with Gasteiger partial charge in [-0.1, -0.05) is 0 Å². The van der Waals surface area contributed by atoms with Gasteiger partial charge in [0.2, 0.25) is 0 Å². The number of rotatable bonds is 8. The standard InChI is InChI=1S/C12H15FN2O6/c1-21-6-7(16)2-3-14-10-5-9(13)8(12(17)18)4-11(10)15(19)20/h4-5,7,14,16H,2-3,6H2,1H3,(H,17,18). The second kappa shape index (κ2) is 7.50. The van der Waals surface area contributed by atoms with Gasteiger partial charge in [0.25, 0.3) is 5.69 Å². The number of hydrogen-bond acceptors (Lipinski definition) is 6. The van der Waals surface area contributed by atoms with E-state index < -0.39 is 34.1 Å². The third kappa shape index (κ3) is 4.65. The monoisotopic (exact) mass is 302 g/mol. The van der Waals surface area contributed by atoms with Crippen LogP contribution in [0.5, 0.6) is 0 Å². The summed E-state index contributed by atoms with van der Waals surface area (Å²) in [6.45, 7) is 0.243. The predicted octanol–water partition coefficient (Wildman–Crippen LogP) is 1.24. The maximum atomic E-state index is 13.5. The number of nitrogens with zero attached hydrogens (tertiary/aromatic N) is 1. The molecule has 116 valence electrons. The van der Waals surface area contributed by atoms with E-state index in [9.17, 15) is 24.4 Å². The van der Waals surface area contributed by atoms with E-state index in [1.807, 2.05) is 0 Å².